The van der Waals surface area contributed by atoms with Crippen molar-refractivity contribution in [3.05, 3.63) is 22.5 Å². The van der Waals surface area contributed by atoms with Crippen LogP contribution in [0.5, 0.6) is 0 Å². The van der Waals surface area contributed by atoms with E-state index in [2.05, 4.69) is 15.9 Å². The third-order valence-electron chi connectivity index (χ3n) is 0.964. The topological polar surface area (TPSA) is 0 Å². The van der Waals surface area contributed by atoms with Gasteiger partial charge in [-0.2, -0.15) is 0 Å². The first-order chi connectivity index (χ1) is 4.20. The van der Waals surface area contributed by atoms with Crippen molar-refractivity contribution in [2.45, 2.75) is 20.3 Å². The van der Waals surface area contributed by atoms with Gasteiger partial charge in [0.25, 0.3) is 0 Å². The first-order valence-corrected chi connectivity index (χ1v) is 3.61. The molecule has 0 aliphatic heterocycles. The Morgan fingerprint density at radius 3 is 2.33 bits per heavy atom. The molecule has 0 atom stereocenters. The zero-order chi connectivity index (χ0) is 7.28. The van der Waals surface area contributed by atoms with E-state index in [0.717, 1.165) is 4.48 Å². The average molecular weight is 193 g/mol. The summed E-state index contributed by atoms with van der Waals surface area (Å²) in [4.78, 5) is 0. The van der Waals surface area contributed by atoms with E-state index in [-0.39, 0.29) is 5.83 Å². The number of allylic oxidation sites excluding steroid dienone is 4. The highest BCUT2D eigenvalue weighted by atomic mass is 79.9. The van der Waals surface area contributed by atoms with Gasteiger partial charge in [-0.3, -0.25) is 0 Å². The van der Waals surface area contributed by atoms with E-state index < -0.39 is 0 Å². The molecular weight excluding hydrogens is 183 g/mol. The third kappa shape index (κ3) is 4.40. The maximum absolute atomic E-state index is 12.4. The van der Waals surface area contributed by atoms with Crippen molar-refractivity contribution in [2.24, 2.45) is 0 Å². The largest absolute Gasteiger partial charge is 0.212 e. The van der Waals surface area contributed by atoms with Crippen LogP contribution in [0.25, 0.3) is 0 Å². The van der Waals surface area contributed by atoms with E-state index >= 15 is 0 Å². The molecule has 52 valence electrons. The van der Waals surface area contributed by atoms with E-state index in [1.54, 1.807) is 6.92 Å². The molecule has 0 heterocycles. The number of hydrogen-bond donors (Lipinski definition) is 0. The van der Waals surface area contributed by atoms with Crippen LogP contribution in [0, 0.1) is 0 Å². The van der Waals surface area contributed by atoms with Crippen LogP contribution in [0.3, 0.4) is 0 Å². The Morgan fingerprint density at radius 2 is 2.00 bits per heavy atom. The molecule has 0 aliphatic rings. The predicted octanol–water partition coefficient (Wildman–Crippen LogP) is 3.55. The van der Waals surface area contributed by atoms with Crippen molar-refractivity contribution >= 4 is 15.9 Å². The fourth-order valence-corrected chi connectivity index (χ4v) is 0.633. The molecule has 0 rings (SSSR count). The van der Waals surface area contributed by atoms with Crippen LogP contribution in [0.15, 0.2) is 22.5 Å². The summed E-state index contributed by atoms with van der Waals surface area (Å²) in [6, 6.07) is 0. The average Bonchev–Trinajstić information content (AvgIpc) is 1.87. The first-order valence-electron chi connectivity index (χ1n) is 2.82. The molecule has 0 radical (unpaired) electrons. The van der Waals surface area contributed by atoms with Crippen molar-refractivity contribution in [1.82, 2.24) is 0 Å². The van der Waals surface area contributed by atoms with Crippen molar-refractivity contribution < 1.29 is 4.39 Å². The van der Waals surface area contributed by atoms with E-state index in [1.807, 2.05) is 13.0 Å². The summed E-state index contributed by atoms with van der Waals surface area (Å²) in [7, 11) is 0. The zero-order valence-electron chi connectivity index (χ0n) is 5.62. The third-order valence-corrected chi connectivity index (χ3v) is 1.70. The molecule has 0 spiro atoms. The Kier molecular flexibility index (Phi) is 4.68. The summed E-state index contributed by atoms with van der Waals surface area (Å²) >= 11 is 3.20. The van der Waals surface area contributed by atoms with E-state index in [9.17, 15) is 4.39 Å². The van der Waals surface area contributed by atoms with Gasteiger partial charge in [0, 0.05) is 6.42 Å². The number of rotatable bonds is 2. The van der Waals surface area contributed by atoms with Gasteiger partial charge in [0.05, 0.1) is 0 Å². The molecule has 0 N–H and O–H groups in total. The lowest BCUT2D eigenvalue weighted by Gasteiger charge is -1.92. The molecule has 0 amide bonds. The lowest BCUT2D eigenvalue weighted by Crippen LogP contribution is -1.72. The summed E-state index contributed by atoms with van der Waals surface area (Å²) in [5, 5.41) is 0. The Morgan fingerprint density at radius 1 is 1.44 bits per heavy atom. The summed E-state index contributed by atoms with van der Waals surface area (Å²) in [6.07, 6.45) is 3.68. The minimum Gasteiger partial charge on any atom is -0.212 e. The van der Waals surface area contributed by atoms with Gasteiger partial charge in [0.1, 0.15) is 5.83 Å². The molecule has 0 aliphatic carbocycles. The number of halogens is 2. The second kappa shape index (κ2) is 4.74. The molecule has 0 saturated heterocycles. The van der Waals surface area contributed by atoms with Crippen LogP contribution in [0.2, 0.25) is 0 Å². The van der Waals surface area contributed by atoms with Crippen molar-refractivity contribution in [2.75, 3.05) is 0 Å². The molecule has 0 aromatic rings. The van der Waals surface area contributed by atoms with Gasteiger partial charge in [-0.25, -0.2) is 4.39 Å². The van der Waals surface area contributed by atoms with Gasteiger partial charge >= 0.3 is 0 Å². The SMILES string of the molecule is C/C=C(/F)C/C(Br)=C\C. The Balaban J connectivity index is 3.75. The minimum atomic E-state index is -0.0972. The standard InChI is InChI=1S/C7H10BrF/c1-3-6(8)5-7(9)4-2/h3-4H,5H2,1-2H3/b6-3+,7-4+. The predicted molar refractivity (Wildman–Crippen MR) is 42.2 cm³/mol. The van der Waals surface area contributed by atoms with Crippen LogP contribution in [-0.4, -0.2) is 0 Å². The van der Waals surface area contributed by atoms with Crippen LogP contribution in [-0.2, 0) is 0 Å². The molecule has 0 bridgehead atoms. The molecule has 0 aromatic carbocycles. The van der Waals surface area contributed by atoms with Crippen molar-refractivity contribution in [3.63, 3.8) is 0 Å². The van der Waals surface area contributed by atoms with Crippen LogP contribution < -0.4 is 0 Å². The quantitative estimate of drug-likeness (QED) is 0.629. The molecule has 2 heteroatoms. The Labute approximate surface area is 63.6 Å². The van der Waals surface area contributed by atoms with E-state index in [1.165, 1.54) is 6.08 Å². The second-order valence-electron chi connectivity index (χ2n) is 1.65. The molecule has 0 aromatic heterocycles. The van der Waals surface area contributed by atoms with Crippen molar-refractivity contribution in [1.29, 1.82) is 0 Å². The zero-order valence-corrected chi connectivity index (χ0v) is 7.20. The monoisotopic (exact) mass is 192 g/mol. The van der Waals surface area contributed by atoms with Crippen molar-refractivity contribution in [3.8, 4) is 0 Å². The summed E-state index contributed by atoms with van der Waals surface area (Å²) in [5.74, 6) is -0.0972. The Hall–Kier alpha value is -0.110. The molecule has 0 nitrogen and oxygen atoms in total. The maximum atomic E-state index is 12.4. The van der Waals surface area contributed by atoms with Gasteiger partial charge in [-0.05, 0) is 18.3 Å². The summed E-state index contributed by atoms with van der Waals surface area (Å²) in [5.41, 5.74) is 0. The molecule has 0 saturated carbocycles. The summed E-state index contributed by atoms with van der Waals surface area (Å²) in [6.45, 7) is 3.55. The Bertz CT molecular complexity index is 120. The van der Waals surface area contributed by atoms with Gasteiger partial charge in [-0.1, -0.05) is 28.1 Å². The van der Waals surface area contributed by atoms with Gasteiger partial charge in [-0.15, -0.1) is 0 Å². The van der Waals surface area contributed by atoms with E-state index in [0.29, 0.717) is 6.42 Å². The maximum Gasteiger partial charge on any atom is 0.101 e. The second-order valence-corrected chi connectivity index (χ2v) is 2.67. The highest BCUT2D eigenvalue weighted by Gasteiger charge is 1.93. The lowest BCUT2D eigenvalue weighted by molar-refractivity contribution is 0.614. The molecular formula is C7H10BrF. The molecule has 9 heavy (non-hydrogen) atoms. The summed E-state index contributed by atoms with van der Waals surface area (Å²) < 4.78 is 13.2. The minimum absolute atomic E-state index is 0.0972. The van der Waals surface area contributed by atoms with Crippen LogP contribution >= 0.6 is 15.9 Å². The highest BCUT2D eigenvalue weighted by Crippen LogP contribution is 2.16. The smallest absolute Gasteiger partial charge is 0.101 e. The van der Waals surface area contributed by atoms with Gasteiger partial charge in [0.15, 0.2) is 0 Å². The highest BCUT2D eigenvalue weighted by molar-refractivity contribution is 9.11. The van der Waals surface area contributed by atoms with Gasteiger partial charge < -0.3 is 0 Å². The van der Waals surface area contributed by atoms with Crippen LogP contribution in [0.4, 0.5) is 4.39 Å². The number of hydrogen-bond acceptors (Lipinski definition) is 0. The molecule has 0 fully saturated rings. The van der Waals surface area contributed by atoms with Crippen LogP contribution in [0.1, 0.15) is 20.3 Å². The molecule has 0 unspecified atom stereocenters. The normalized spacial score (nSPS) is 14.2. The first kappa shape index (κ1) is 8.89. The lowest BCUT2D eigenvalue weighted by atomic mass is 10.3. The fraction of sp³-hybridized carbons (Fsp3) is 0.429. The fourth-order valence-electron chi connectivity index (χ4n) is 0.365. The van der Waals surface area contributed by atoms with Gasteiger partial charge in [0.2, 0.25) is 0 Å². The van der Waals surface area contributed by atoms with E-state index in [4.69, 9.17) is 0 Å².